The van der Waals surface area contributed by atoms with Gasteiger partial charge in [-0.25, -0.2) is 0 Å². The minimum Gasteiger partial charge on any atom is -0.480 e. The van der Waals surface area contributed by atoms with Crippen LogP contribution in [0.15, 0.2) is 0 Å². The van der Waals surface area contributed by atoms with E-state index in [2.05, 4.69) is 10.1 Å². The molecule has 1 heterocycles. The molecule has 1 aliphatic heterocycles. The van der Waals surface area contributed by atoms with E-state index in [0.29, 0.717) is 12.8 Å². The summed E-state index contributed by atoms with van der Waals surface area (Å²) in [6.07, 6.45) is 1.96. The van der Waals surface area contributed by atoms with Crippen molar-refractivity contribution in [2.75, 3.05) is 7.11 Å². The smallest absolute Gasteiger partial charge is 0.322 e. The van der Waals surface area contributed by atoms with Crippen LogP contribution in [0.3, 0.4) is 0 Å². The predicted octanol–water partition coefficient (Wildman–Crippen LogP) is -0.245. The van der Waals surface area contributed by atoms with E-state index < -0.39 is 18.1 Å². The molecule has 1 aliphatic rings. The first-order valence-electron chi connectivity index (χ1n) is 4.22. The molecule has 5 heteroatoms. The van der Waals surface area contributed by atoms with Crippen molar-refractivity contribution in [2.45, 2.75) is 31.3 Å². The lowest BCUT2D eigenvalue weighted by Crippen LogP contribution is -2.50. The van der Waals surface area contributed by atoms with Gasteiger partial charge in [0, 0.05) is 0 Å². The topological polar surface area (TPSA) is 75.6 Å². The second kappa shape index (κ2) is 4.23. The maximum atomic E-state index is 11.1. The second-order valence-electron chi connectivity index (χ2n) is 3.06. The van der Waals surface area contributed by atoms with E-state index in [0.717, 1.165) is 6.42 Å². The number of carboxylic acid groups (broad SMARTS) is 1. The Balaban J connectivity index is 2.51. The van der Waals surface area contributed by atoms with Crippen LogP contribution in [0.1, 0.15) is 19.3 Å². The number of rotatable bonds is 2. The second-order valence-corrected chi connectivity index (χ2v) is 3.06. The van der Waals surface area contributed by atoms with Crippen molar-refractivity contribution in [3.63, 3.8) is 0 Å². The van der Waals surface area contributed by atoms with Crippen LogP contribution in [0.2, 0.25) is 0 Å². The summed E-state index contributed by atoms with van der Waals surface area (Å²) in [5.41, 5.74) is 0. The number of aliphatic carboxylic acids is 1. The lowest BCUT2D eigenvalue weighted by atomic mass is 9.99. The van der Waals surface area contributed by atoms with E-state index >= 15 is 0 Å². The van der Waals surface area contributed by atoms with Gasteiger partial charge in [-0.1, -0.05) is 0 Å². The van der Waals surface area contributed by atoms with E-state index in [1.807, 2.05) is 0 Å². The standard InChI is InChI=1S/C8H13NO4/c1-13-8(12)6-4-2-3-5(9-6)7(10)11/h5-6,9H,2-4H2,1H3,(H,10,11)/t5-,6+/m0/s1. The van der Waals surface area contributed by atoms with Gasteiger partial charge in [0.1, 0.15) is 12.1 Å². The molecule has 2 N–H and O–H groups in total. The van der Waals surface area contributed by atoms with Gasteiger partial charge in [-0.3, -0.25) is 14.9 Å². The number of carbonyl (C=O) groups excluding carboxylic acids is 1. The Labute approximate surface area is 76.1 Å². The van der Waals surface area contributed by atoms with Crippen LogP contribution in [0.25, 0.3) is 0 Å². The van der Waals surface area contributed by atoms with E-state index in [4.69, 9.17) is 5.11 Å². The molecule has 1 rings (SSSR count). The molecule has 0 aliphatic carbocycles. The Kier molecular flexibility index (Phi) is 3.25. The van der Waals surface area contributed by atoms with Gasteiger partial charge in [-0.15, -0.1) is 0 Å². The van der Waals surface area contributed by atoms with Crippen molar-refractivity contribution in [2.24, 2.45) is 0 Å². The van der Waals surface area contributed by atoms with Gasteiger partial charge in [0.2, 0.25) is 0 Å². The van der Waals surface area contributed by atoms with Gasteiger partial charge in [-0.2, -0.15) is 0 Å². The Morgan fingerprint density at radius 1 is 1.38 bits per heavy atom. The fourth-order valence-corrected chi connectivity index (χ4v) is 1.46. The zero-order valence-corrected chi connectivity index (χ0v) is 7.45. The molecule has 0 aromatic carbocycles. The Bertz CT molecular complexity index is 216. The molecule has 13 heavy (non-hydrogen) atoms. The lowest BCUT2D eigenvalue weighted by Gasteiger charge is -2.26. The number of hydrogen-bond acceptors (Lipinski definition) is 4. The molecule has 5 nitrogen and oxygen atoms in total. The number of ether oxygens (including phenoxy) is 1. The molecule has 0 bridgehead atoms. The molecule has 0 spiro atoms. The molecule has 0 aromatic rings. The van der Waals surface area contributed by atoms with E-state index in [-0.39, 0.29) is 5.97 Å². The Hall–Kier alpha value is -1.10. The number of carboxylic acids is 1. The number of hydrogen-bond donors (Lipinski definition) is 2. The van der Waals surface area contributed by atoms with Gasteiger partial charge >= 0.3 is 11.9 Å². The molecule has 0 aromatic heterocycles. The van der Waals surface area contributed by atoms with Crippen LogP contribution in [0, 0.1) is 0 Å². The summed E-state index contributed by atoms with van der Waals surface area (Å²) in [6.45, 7) is 0. The summed E-state index contributed by atoms with van der Waals surface area (Å²) >= 11 is 0. The summed E-state index contributed by atoms with van der Waals surface area (Å²) in [4.78, 5) is 21.7. The highest BCUT2D eigenvalue weighted by molar-refractivity contribution is 5.79. The summed E-state index contributed by atoms with van der Waals surface area (Å²) in [6, 6.07) is -1.07. The molecular weight excluding hydrogens is 174 g/mol. The zero-order valence-electron chi connectivity index (χ0n) is 7.45. The molecule has 0 radical (unpaired) electrons. The zero-order chi connectivity index (χ0) is 9.84. The minimum atomic E-state index is -0.909. The fraction of sp³-hybridized carbons (Fsp3) is 0.750. The van der Waals surface area contributed by atoms with E-state index in [1.165, 1.54) is 7.11 Å². The normalized spacial score (nSPS) is 28.1. The monoisotopic (exact) mass is 187 g/mol. The average molecular weight is 187 g/mol. The molecular formula is C8H13NO4. The molecule has 2 atom stereocenters. The van der Waals surface area contributed by atoms with Gasteiger partial charge in [-0.05, 0) is 19.3 Å². The van der Waals surface area contributed by atoms with Crippen molar-refractivity contribution >= 4 is 11.9 Å². The molecule has 0 amide bonds. The fourth-order valence-electron chi connectivity index (χ4n) is 1.46. The highest BCUT2D eigenvalue weighted by atomic mass is 16.5. The third kappa shape index (κ3) is 2.42. The van der Waals surface area contributed by atoms with Crippen molar-refractivity contribution in [1.82, 2.24) is 5.32 Å². The highest BCUT2D eigenvalue weighted by Crippen LogP contribution is 2.13. The lowest BCUT2D eigenvalue weighted by molar-refractivity contribution is -0.146. The van der Waals surface area contributed by atoms with Crippen LogP contribution in [0.4, 0.5) is 0 Å². The SMILES string of the molecule is COC(=O)[C@H]1CCC[C@@H](C(=O)O)N1. The number of nitrogens with one attached hydrogen (secondary N) is 1. The third-order valence-corrected chi connectivity index (χ3v) is 2.17. The molecule has 1 fully saturated rings. The molecule has 1 saturated heterocycles. The van der Waals surface area contributed by atoms with Gasteiger partial charge < -0.3 is 9.84 Å². The molecule has 0 unspecified atom stereocenters. The van der Waals surface area contributed by atoms with Crippen LogP contribution < -0.4 is 5.32 Å². The number of piperidine rings is 1. The average Bonchev–Trinajstić information content (AvgIpc) is 2.17. The third-order valence-electron chi connectivity index (χ3n) is 2.17. The highest BCUT2D eigenvalue weighted by Gasteiger charge is 2.30. The number of carbonyl (C=O) groups is 2. The summed E-state index contributed by atoms with van der Waals surface area (Å²) in [5.74, 6) is -1.29. The summed E-state index contributed by atoms with van der Waals surface area (Å²) in [7, 11) is 1.30. The summed E-state index contributed by atoms with van der Waals surface area (Å²) < 4.78 is 4.52. The van der Waals surface area contributed by atoms with Crippen molar-refractivity contribution in [1.29, 1.82) is 0 Å². The molecule has 74 valence electrons. The first-order chi connectivity index (χ1) is 6.15. The number of esters is 1. The Morgan fingerprint density at radius 3 is 2.54 bits per heavy atom. The first kappa shape index (κ1) is 9.98. The van der Waals surface area contributed by atoms with Crippen LogP contribution in [-0.2, 0) is 14.3 Å². The van der Waals surface area contributed by atoms with E-state index in [9.17, 15) is 9.59 Å². The van der Waals surface area contributed by atoms with Crippen molar-refractivity contribution in [3.05, 3.63) is 0 Å². The van der Waals surface area contributed by atoms with Crippen molar-refractivity contribution < 1.29 is 19.4 Å². The molecule has 0 saturated carbocycles. The number of methoxy groups -OCH3 is 1. The van der Waals surface area contributed by atoms with Crippen molar-refractivity contribution in [3.8, 4) is 0 Å². The van der Waals surface area contributed by atoms with Crippen LogP contribution in [-0.4, -0.2) is 36.2 Å². The maximum Gasteiger partial charge on any atom is 0.322 e. The van der Waals surface area contributed by atoms with Gasteiger partial charge in [0.25, 0.3) is 0 Å². The summed E-state index contributed by atoms with van der Waals surface area (Å²) in [5, 5.41) is 11.4. The first-order valence-corrected chi connectivity index (χ1v) is 4.22. The predicted molar refractivity (Wildman–Crippen MR) is 44.2 cm³/mol. The maximum absolute atomic E-state index is 11.1. The van der Waals surface area contributed by atoms with Crippen LogP contribution in [0.5, 0.6) is 0 Å². The minimum absolute atomic E-state index is 0.383. The van der Waals surface area contributed by atoms with Gasteiger partial charge in [0.15, 0.2) is 0 Å². The Morgan fingerprint density at radius 2 is 2.00 bits per heavy atom. The van der Waals surface area contributed by atoms with Gasteiger partial charge in [0.05, 0.1) is 7.11 Å². The van der Waals surface area contributed by atoms with E-state index in [1.54, 1.807) is 0 Å². The largest absolute Gasteiger partial charge is 0.480 e. The van der Waals surface area contributed by atoms with Crippen LogP contribution >= 0.6 is 0 Å². The quantitative estimate of drug-likeness (QED) is 0.583.